The van der Waals surface area contributed by atoms with Crippen LogP contribution in [0.25, 0.3) is 0 Å². The third-order valence-corrected chi connectivity index (χ3v) is 3.16. The van der Waals surface area contributed by atoms with Crippen molar-refractivity contribution in [1.29, 1.82) is 0 Å². The highest BCUT2D eigenvalue weighted by Gasteiger charge is 2.27. The SMILES string of the molecule is COc1cc([N+](=O)[O-])c([N+](=O)[O-])cc1OC.COc1ccccc1OC. The molecule has 10 heteroatoms. The Morgan fingerprint density at radius 1 is 0.654 bits per heavy atom. The van der Waals surface area contributed by atoms with Gasteiger partial charge in [0.15, 0.2) is 23.0 Å². The van der Waals surface area contributed by atoms with Crippen molar-refractivity contribution in [3.8, 4) is 23.0 Å². The summed E-state index contributed by atoms with van der Waals surface area (Å²) in [5.41, 5.74) is -1.27. The van der Waals surface area contributed by atoms with Crippen LogP contribution in [0.3, 0.4) is 0 Å². The molecule has 0 radical (unpaired) electrons. The average Bonchev–Trinajstić information content (AvgIpc) is 2.66. The number of rotatable bonds is 6. The van der Waals surface area contributed by atoms with Crippen LogP contribution in [-0.2, 0) is 0 Å². The first-order valence-corrected chi connectivity index (χ1v) is 7.11. The molecule has 0 amide bonds. The average molecular weight is 366 g/mol. The molecule has 26 heavy (non-hydrogen) atoms. The quantitative estimate of drug-likeness (QED) is 0.564. The van der Waals surface area contributed by atoms with Crippen LogP contribution >= 0.6 is 0 Å². The van der Waals surface area contributed by atoms with Gasteiger partial charge in [0.25, 0.3) is 0 Å². The fourth-order valence-electron chi connectivity index (χ4n) is 1.94. The Kier molecular flexibility index (Phi) is 7.62. The topological polar surface area (TPSA) is 123 Å². The molecule has 10 nitrogen and oxygen atoms in total. The minimum Gasteiger partial charge on any atom is -0.493 e. The summed E-state index contributed by atoms with van der Waals surface area (Å²) in [7, 11) is 5.82. The number of hydrogen-bond acceptors (Lipinski definition) is 8. The Morgan fingerprint density at radius 3 is 1.19 bits per heavy atom. The summed E-state index contributed by atoms with van der Waals surface area (Å²) in [6.45, 7) is 0. The van der Waals surface area contributed by atoms with Crippen molar-refractivity contribution in [1.82, 2.24) is 0 Å². The molecule has 0 saturated heterocycles. The van der Waals surface area contributed by atoms with E-state index in [0.717, 1.165) is 23.6 Å². The molecule has 0 aromatic heterocycles. The Bertz CT molecular complexity index is 715. The lowest BCUT2D eigenvalue weighted by Gasteiger charge is -2.06. The molecule has 0 fully saturated rings. The van der Waals surface area contributed by atoms with Gasteiger partial charge in [-0.1, -0.05) is 12.1 Å². The second-order valence-electron chi connectivity index (χ2n) is 4.57. The summed E-state index contributed by atoms with van der Waals surface area (Å²) in [6, 6.07) is 9.44. The van der Waals surface area contributed by atoms with Gasteiger partial charge in [-0.15, -0.1) is 0 Å². The van der Waals surface area contributed by atoms with Crippen LogP contribution in [0.5, 0.6) is 23.0 Å². The number of hydrogen-bond donors (Lipinski definition) is 0. The second kappa shape index (κ2) is 9.67. The number of ether oxygens (including phenoxy) is 4. The lowest BCUT2D eigenvalue weighted by atomic mass is 10.2. The molecule has 0 N–H and O–H groups in total. The van der Waals surface area contributed by atoms with E-state index in [1.54, 1.807) is 14.2 Å². The largest absolute Gasteiger partial charge is 0.493 e. The molecule has 2 aromatic rings. The zero-order valence-corrected chi connectivity index (χ0v) is 14.6. The van der Waals surface area contributed by atoms with E-state index >= 15 is 0 Å². The van der Waals surface area contributed by atoms with Crippen LogP contribution in [0.4, 0.5) is 11.4 Å². The molecule has 0 spiro atoms. The number of nitro groups is 2. The fourth-order valence-corrected chi connectivity index (χ4v) is 1.94. The van der Waals surface area contributed by atoms with E-state index in [4.69, 9.17) is 18.9 Å². The second-order valence-corrected chi connectivity index (χ2v) is 4.57. The number of methoxy groups -OCH3 is 4. The molecule has 140 valence electrons. The molecule has 0 aliphatic rings. The summed E-state index contributed by atoms with van der Waals surface area (Å²) in [5, 5.41) is 21.2. The van der Waals surface area contributed by atoms with Crippen molar-refractivity contribution in [2.75, 3.05) is 28.4 Å². The van der Waals surface area contributed by atoms with Gasteiger partial charge in [0.05, 0.1) is 50.4 Å². The Hall–Kier alpha value is -3.56. The molecule has 2 rings (SSSR count). The first kappa shape index (κ1) is 20.5. The molecule has 0 unspecified atom stereocenters. The number of nitro benzene ring substituents is 2. The van der Waals surface area contributed by atoms with Crippen LogP contribution in [0.2, 0.25) is 0 Å². The van der Waals surface area contributed by atoms with Gasteiger partial charge in [-0.2, -0.15) is 0 Å². The Labute approximate surface area is 149 Å². The van der Waals surface area contributed by atoms with Crippen LogP contribution in [0.15, 0.2) is 36.4 Å². The smallest absolute Gasteiger partial charge is 0.350 e. The molecular formula is C16H18N2O8. The first-order chi connectivity index (χ1) is 12.4. The number of nitrogens with zero attached hydrogens (tertiary/aromatic N) is 2. The predicted octanol–water partition coefficient (Wildman–Crippen LogP) is 3.22. The van der Waals surface area contributed by atoms with Gasteiger partial charge in [-0.05, 0) is 12.1 Å². The summed E-state index contributed by atoms with van der Waals surface area (Å²) < 4.78 is 19.6. The van der Waals surface area contributed by atoms with Crippen LogP contribution in [0, 0.1) is 20.2 Å². The van der Waals surface area contributed by atoms with E-state index in [1.165, 1.54) is 14.2 Å². The van der Waals surface area contributed by atoms with E-state index < -0.39 is 21.2 Å². The number of para-hydroxylation sites is 2. The van der Waals surface area contributed by atoms with Gasteiger partial charge in [-0.25, -0.2) is 0 Å². The molecule has 0 bridgehead atoms. The van der Waals surface area contributed by atoms with Gasteiger partial charge in [0.2, 0.25) is 0 Å². The van der Waals surface area contributed by atoms with Gasteiger partial charge >= 0.3 is 11.4 Å². The van der Waals surface area contributed by atoms with E-state index in [-0.39, 0.29) is 11.5 Å². The molecule has 0 atom stereocenters. The minimum atomic E-state index is -0.847. The van der Waals surface area contributed by atoms with Gasteiger partial charge in [0.1, 0.15) is 0 Å². The van der Waals surface area contributed by atoms with E-state index in [1.807, 2.05) is 24.3 Å². The Morgan fingerprint density at radius 2 is 0.962 bits per heavy atom. The maximum absolute atomic E-state index is 10.6. The molecular weight excluding hydrogens is 348 g/mol. The highest BCUT2D eigenvalue weighted by molar-refractivity contribution is 5.62. The van der Waals surface area contributed by atoms with Crippen LogP contribution in [0.1, 0.15) is 0 Å². The lowest BCUT2D eigenvalue weighted by Crippen LogP contribution is -1.99. The lowest BCUT2D eigenvalue weighted by molar-refractivity contribution is -0.422. The van der Waals surface area contributed by atoms with E-state index in [0.29, 0.717) is 0 Å². The molecule has 0 heterocycles. The monoisotopic (exact) mass is 366 g/mol. The third-order valence-electron chi connectivity index (χ3n) is 3.16. The highest BCUT2D eigenvalue weighted by atomic mass is 16.6. The summed E-state index contributed by atoms with van der Waals surface area (Å²) in [4.78, 5) is 19.5. The van der Waals surface area contributed by atoms with Crippen molar-refractivity contribution < 1.29 is 28.8 Å². The van der Waals surface area contributed by atoms with Gasteiger partial charge in [0, 0.05) is 0 Å². The zero-order chi connectivity index (χ0) is 19.7. The highest BCUT2D eigenvalue weighted by Crippen LogP contribution is 2.38. The van der Waals surface area contributed by atoms with E-state index in [2.05, 4.69) is 0 Å². The molecule has 2 aromatic carbocycles. The first-order valence-electron chi connectivity index (χ1n) is 7.11. The molecule has 0 aliphatic carbocycles. The molecule has 0 aliphatic heterocycles. The van der Waals surface area contributed by atoms with Crippen molar-refractivity contribution in [2.45, 2.75) is 0 Å². The van der Waals surface area contributed by atoms with Crippen molar-refractivity contribution in [2.24, 2.45) is 0 Å². The van der Waals surface area contributed by atoms with Gasteiger partial charge in [-0.3, -0.25) is 20.2 Å². The number of benzene rings is 2. The fraction of sp³-hybridized carbons (Fsp3) is 0.250. The third kappa shape index (κ3) is 4.97. The molecule has 0 saturated carbocycles. The summed E-state index contributed by atoms with van der Waals surface area (Å²) in [5.74, 6) is 1.68. The zero-order valence-electron chi connectivity index (χ0n) is 14.6. The van der Waals surface area contributed by atoms with Crippen molar-refractivity contribution in [3.63, 3.8) is 0 Å². The normalized spacial score (nSPS) is 9.38. The summed E-state index contributed by atoms with van der Waals surface area (Å²) >= 11 is 0. The van der Waals surface area contributed by atoms with Gasteiger partial charge < -0.3 is 18.9 Å². The van der Waals surface area contributed by atoms with E-state index in [9.17, 15) is 20.2 Å². The van der Waals surface area contributed by atoms with Crippen LogP contribution < -0.4 is 18.9 Å². The van der Waals surface area contributed by atoms with Crippen molar-refractivity contribution in [3.05, 3.63) is 56.6 Å². The summed E-state index contributed by atoms with van der Waals surface area (Å²) in [6.07, 6.45) is 0. The maximum atomic E-state index is 10.6. The predicted molar refractivity (Wildman–Crippen MR) is 92.4 cm³/mol. The maximum Gasteiger partial charge on any atom is 0.350 e. The van der Waals surface area contributed by atoms with Crippen LogP contribution in [-0.4, -0.2) is 38.3 Å². The standard InChI is InChI=1S/C8H8N2O6.C8H10O2/c1-15-7-3-5(9(11)12)6(10(13)14)4-8(7)16-2;1-9-7-5-3-4-6-8(7)10-2/h3-4H,1-2H3;3-6H,1-2H3. The minimum absolute atomic E-state index is 0.0693. The Balaban J connectivity index is 0.000000289. The van der Waals surface area contributed by atoms with Crippen molar-refractivity contribution >= 4 is 11.4 Å².